The summed E-state index contributed by atoms with van der Waals surface area (Å²) in [6.07, 6.45) is 16.4. The average molecular weight is 487 g/mol. The standard InChI is InChI=1S/C21H37N5.HI/c1-3-22-21(23-12-7-6-10-18-8-4-5-9-18)26-13-11-19(17-26)14-20-15-24-25(2)16-20;/h15-16,18-19H,3-14,17H2,1-2H3,(H,22,23);1H. The molecule has 0 spiro atoms. The summed E-state index contributed by atoms with van der Waals surface area (Å²) in [5.41, 5.74) is 1.35. The van der Waals surface area contributed by atoms with Crippen LogP contribution in [0.5, 0.6) is 0 Å². The minimum Gasteiger partial charge on any atom is -0.357 e. The maximum absolute atomic E-state index is 4.92. The van der Waals surface area contributed by atoms with Gasteiger partial charge in [0.25, 0.3) is 0 Å². The van der Waals surface area contributed by atoms with E-state index in [0.29, 0.717) is 5.92 Å². The van der Waals surface area contributed by atoms with Crippen LogP contribution in [0.4, 0.5) is 0 Å². The van der Waals surface area contributed by atoms with E-state index in [2.05, 4.69) is 28.4 Å². The Bertz CT molecular complexity index is 565. The Kier molecular flexibility index (Phi) is 9.93. The molecular weight excluding hydrogens is 449 g/mol. The van der Waals surface area contributed by atoms with Crippen molar-refractivity contribution in [2.45, 2.75) is 64.7 Å². The Labute approximate surface area is 182 Å². The molecule has 0 bridgehead atoms. The lowest BCUT2D eigenvalue weighted by molar-refractivity contribution is 0.456. The lowest BCUT2D eigenvalue weighted by atomic mass is 10.0. The fourth-order valence-corrected chi connectivity index (χ4v) is 4.56. The van der Waals surface area contributed by atoms with Gasteiger partial charge in [-0.1, -0.05) is 38.5 Å². The van der Waals surface area contributed by atoms with Crippen molar-refractivity contribution in [3.63, 3.8) is 0 Å². The molecule has 6 heteroatoms. The van der Waals surface area contributed by atoms with Crippen molar-refractivity contribution in [3.05, 3.63) is 18.0 Å². The fourth-order valence-electron chi connectivity index (χ4n) is 4.56. The van der Waals surface area contributed by atoms with Gasteiger partial charge in [0.2, 0.25) is 0 Å². The summed E-state index contributed by atoms with van der Waals surface area (Å²) in [6, 6.07) is 0. The Morgan fingerprint density at radius 3 is 2.74 bits per heavy atom. The summed E-state index contributed by atoms with van der Waals surface area (Å²) in [5.74, 6) is 2.85. The number of guanidine groups is 1. The molecule has 1 atom stereocenters. The number of nitrogens with zero attached hydrogens (tertiary/aromatic N) is 4. The monoisotopic (exact) mass is 487 g/mol. The number of halogens is 1. The highest BCUT2D eigenvalue weighted by Crippen LogP contribution is 2.28. The van der Waals surface area contributed by atoms with Crippen molar-refractivity contribution in [3.8, 4) is 0 Å². The average Bonchev–Trinajstić information content (AvgIpc) is 3.37. The molecule has 0 amide bonds. The highest BCUT2D eigenvalue weighted by molar-refractivity contribution is 14.0. The smallest absolute Gasteiger partial charge is 0.193 e. The number of aromatic nitrogens is 2. The normalized spacial score (nSPS) is 20.9. The van der Waals surface area contributed by atoms with Crippen LogP contribution in [0.2, 0.25) is 0 Å². The van der Waals surface area contributed by atoms with Gasteiger partial charge in [-0.15, -0.1) is 24.0 Å². The number of hydrogen-bond acceptors (Lipinski definition) is 2. The summed E-state index contributed by atoms with van der Waals surface area (Å²) in [6.45, 7) is 6.32. The third kappa shape index (κ3) is 7.27. The number of aryl methyl sites for hydroxylation is 1. The molecule has 3 rings (SSSR count). The van der Waals surface area contributed by atoms with Crippen molar-refractivity contribution in [1.82, 2.24) is 20.0 Å². The van der Waals surface area contributed by atoms with Gasteiger partial charge in [-0.25, -0.2) is 0 Å². The second kappa shape index (κ2) is 11.9. The molecule has 2 heterocycles. The molecule has 1 aliphatic heterocycles. The van der Waals surface area contributed by atoms with Gasteiger partial charge in [-0.3, -0.25) is 9.67 Å². The van der Waals surface area contributed by atoms with Gasteiger partial charge in [0.05, 0.1) is 6.20 Å². The Morgan fingerprint density at radius 1 is 1.22 bits per heavy atom. The minimum absolute atomic E-state index is 0. The van der Waals surface area contributed by atoms with E-state index in [0.717, 1.165) is 44.5 Å². The number of hydrogen-bond donors (Lipinski definition) is 1. The number of likely N-dealkylation sites (tertiary alicyclic amines) is 1. The predicted octanol–water partition coefficient (Wildman–Crippen LogP) is 4.23. The van der Waals surface area contributed by atoms with E-state index in [9.17, 15) is 0 Å². The highest BCUT2D eigenvalue weighted by Gasteiger charge is 2.25. The van der Waals surface area contributed by atoms with Crippen molar-refractivity contribution >= 4 is 29.9 Å². The summed E-state index contributed by atoms with van der Waals surface area (Å²) in [7, 11) is 1.99. The third-order valence-corrected chi connectivity index (χ3v) is 5.96. The van der Waals surface area contributed by atoms with Crippen LogP contribution in [-0.2, 0) is 13.5 Å². The molecule has 1 saturated carbocycles. The Morgan fingerprint density at radius 2 is 2.04 bits per heavy atom. The molecule has 1 aromatic heterocycles. The number of aliphatic imine (C=N–C) groups is 1. The van der Waals surface area contributed by atoms with E-state index in [4.69, 9.17) is 4.99 Å². The quantitative estimate of drug-likeness (QED) is 0.259. The van der Waals surface area contributed by atoms with Gasteiger partial charge in [0, 0.05) is 39.4 Å². The van der Waals surface area contributed by atoms with Gasteiger partial charge >= 0.3 is 0 Å². The van der Waals surface area contributed by atoms with Crippen molar-refractivity contribution < 1.29 is 0 Å². The molecule has 0 radical (unpaired) electrons. The van der Waals surface area contributed by atoms with Gasteiger partial charge < -0.3 is 10.2 Å². The van der Waals surface area contributed by atoms with Crippen LogP contribution in [0.25, 0.3) is 0 Å². The van der Waals surface area contributed by atoms with Gasteiger partial charge in [0.15, 0.2) is 5.96 Å². The van der Waals surface area contributed by atoms with Gasteiger partial charge in [0.1, 0.15) is 0 Å². The van der Waals surface area contributed by atoms with Crippen LogP contribution in [0.3, 0.4) is 0 Å². The first-order chi connectivity index (χ1) is 12.7. The Balaban J connectivity index is 0.00000261. The first kappa shape index (κ1) is 22.5. The first-order valence-electron chi connectivity index (χ1n) is 10.8. The van der Waals surface area contributed by atoms with E-state index < -0.39 is 0 Å². The Hall–Kier alpha value is -0.790. The zero-order valence-corrected chi connectivity index (χ0v) is 19.5. The van der Waals surface area contributed by atoms with Gasteiger partial charge in [-0.2, -0.15) is 5.10 Å². The molecule has 1 saturated heterocycles. The molecule has 1 aromatic rings. The molecule has 1 aliphatic carbocycles. The highest BCUT2D eigenvalue weighted by atomic mass is 127. The topological polar surface area (TPSA) is 45.5 Å². The number of rotatable bonds is 8. The lowest BCUT2D eigenvalue weighted by Crippen LogP contribution is -2.40. The van der Waals surface area contributed by atoms with E-state index >= 15 is 0 Å². The summed E-state index contributed by atoms with van der Waals surface area (Å²) < 4.78 is 1.90. The molecule has 1 N–H and O–H groups in total. The van der Waals surface area contributed by atoms with Gasteiger partial charge in [-0.05, 0) is 43.6 Å². The zero-order valence-electron chi connectivity index (χ0n) is 17.2. The van der Waals surface area contributed by atoms with E-state index in [1.165, 1.54) is 56.9 Å². The van der Waals surface area contributed by atoms with E-state index in [1.807, 2.05) is 17.9 Å². The molecule has 154 valence electrons. The van der Waals surface area contributed by atoms with Crippen molar-refractivity contribution in [2.24, 2.45) is 23.9 Å². The largest absolute Gasteiger partial charge is 0.357 e. The van der Waals surface area contributed by atoms with Crippen LogP contribution in [0.1, 0.15) is 63.9 Å². The molecule has 1 unspecified atom stereocenters. The summed E-state index contributed by atoms with van der Waals surface area (Å²) >= 11 is 0. The van der Waals surface area contributed by atoms with Crippen LogP contribution >= 0.6 is 24.0 Å². The molecule has 5 nitrogen and oxygen atoms in total. The van der Waals surface area contributed by atoms with Crippen LogP contribution < -0.4 is 5.32 Å². The SMILES string of the molecule is CCNC(=NCCCCC1CCCC1)N1CCC(Cc2cnn(C)c2)C1.I. The van der Waals surface area contributed by atoms with Crippen molar-refractivity contribution in [1.29, 1.82) is 0 Å². The fraction of sp³-hybridized carbons (Fsp3) is 0.810. The summed E-state index contributed by atoms with van der Waals surface area (Å²) in [5, 5.41) is 7.80. The van der Waals surface area contributed by atoms with Crippen LogP contribution in [0.15, 0.2) is 17.4 Å². The first-order valence-corrected chi connectivity index (χ1v) is 10.8. The molecule has 2 aliphatic rings. The molecule has 27 heavy (non-hydrogen) atoms. The number of nitrogens with one attached hydrogen (secondary N) is 1. The maximum atomic E-state index is 4.92. The molecule has 0 aromatic carbocycles. The minimum atomic E-state index is 0. The molecule has 2 fully saturated rings. The summed E-state index contributed by atoms with van der Waals surface area (Å²) in [4.78, 5) is 7.38. The van der Waals surface area contributed by atoms with Crippen molar-refractivity contribution in [2.75, 3.05) is 26.2 Å². The zero-order chi connectivity index (χ0) is 18.2. The second-order valence-corrected chi connectivity index (χ2v) is 8.21. The van der Waals surface area contributed by atoms with Crippen LogP contribution in [-0.4, -0.2) is 46.8 Å². The van der Waals surface area contributed by atoms with E-state index in [1.54, 1.807) is 0 Å². The maximum Gasteiger partial charge on any atom is 0.193 e. The lowest BCUT2D eigenvalue weighted by Gasteiger charge is -2.21. The second-order valence-electron chi connectivity index (χ2n) is 8.21. The number of unbranched alkanes of at least 4 members (excludes halogenated alkanes) is 1. The predicted molar refractivity (Wildman–Crippen MR) is 124 cm³/mol. The molecular formula is C21H38IN5. The van der Waals surface area contributed by atoms with Crippen LogP contribution in [0, 0.1) is 11.8 Å². The third-order valence-electron chi connectivity index (χ3n) is 5.96. The van der Waals surface area contributed by atoms with E-state index in [-0.39, 0.29) is 24.0 Å².